The molecule has 0 spiro atoms. The maximum atomic E-state index is 5.98. The number of likely N-dealkylation sites (tertiary alicyclic amines) is 1. The fourth-order valence-corrected chi connectivity index (χ4v) is 4.07. The summed E-state index contributed by atoms with van der Waals surface area (Å²) < 4.78 is 11.6. The van der Waals surface area contributed by atoms with Gasteiger partial charge in [0, 0.05) is 13.0 Å². The zero-order chi connectivity index (χ0) is 18.3. The topological polar surface area (TPSA) is 25.6 Å². The van der Waals surface area contributed by atoms with Gasteiger partial charge >= 0.3 is 0 Å². The monoisotopic (exact) mass is 363 g/mol. The maximum absolute atomic E-state index is 5.98. The Morgan fingerprint density at radius 3 is 2.63 bits per heavy atom. The Kier molecular flexibility index (Phi) is 6.23. The summed E-state index contributed by atoms with van der Waals surface area (Å²) in [6.07, 6.45) is 7.60. The van der Waals surface area contributed by atoms with Crippen LogP contribution >= 0.6 is 0 Å². The fourth-order valence-electron chi connectivity index (χ4n) is 4.07. The molecule has 0 bridgehead atoms. The van der Waals surface area contributed by atoms with Crippen LogP contribution in [0.4, 0.5) is 0 Å². The van der Waals surface area contributed by atoms with E-state index in [4.69, 9.17) is 9.15 Å². The first-order chi connectivity index (χ1) is 13.4. The number of nitrogens with zero attached hydrogens (tertiary/aromatic N) is 1. The molecule has 27 heavy (non-hydrogen) atoms. The second-order valence-corrected chi connectivity index (χ2v) is 7.45. The largest absolute Gasteiger partial charge is 0.469 e. The number of piperidine rings is 1. The lowest BCUT2D eigenvalue weighted by atomic mass is 9.94. The third kappa shape index (κ3) is 4.79. The van der Waals surface area contributed by atoms with Crippen molar-refractivity contribution in [1.82, 2.24) is 4.90 Å². The lowest BCUT2D eigenvalue weighted by Gasteiger charge is -2.26. The Bertz CT molecular complexity index is 835. The molecule has 3 nitrogen and oxygen atoms in total. The van der Waals surface area contributed by atoms with Crippen molar-refractivity contribution >= 4 is 10.8 Å². The molecule has 3 heteroatoms. The molecule has 4 rings (SSSR count). The van der Waals surface area contributed by atoms with Crippen molar-refractivity contribution in [2.24, 2.45) is 0 Å². The molecule has 1 fully saturated rings. The van der Waals surface area contributed by atoms with Gasteiger partial charge in [-0.05, 0) is 66.4 Å². The number of benzene rings is 2. The smallest absolute Gasteiger partial charge is 0.108 e. The van der Waals surface area contributed by atoms with Crippen LogP contribution < -0.4 is 0 Å². The number of hydrogen-bond acceptors (Lipinski definition) is 3. The summed E-state index contributed by atoms with van der Waals surface area (Å²) >= 11 is 0. The Hall–Kier alpha value is -2.10. The van der Waals surface area contributed by atoms with E-state index in [2.05, 4.69) is 47.4 Å². The van der Waals surface area contributed by atoms with E-state index in [0.29, 0.717) is 0 Å². The highest BCUT2D eigenvalue weighted by Gasteiger charge is 2.11. The predicted octanol–water partition coefficient (Wildman–Crippen LogP) is 5.07. The van der Waals surface area contributed by atoms with Crippen molar-refractivity contribution in [2.45, 2.75) is 32.1 Å². The number of hydrogen-bond donors (Lipinski definition) is 0. The van der Waals surface area contributed by atoms with Gasteiger partial charge in [0.15, 0.2) is 0 Å². The molecule has 2 heterocycles. The van der Waals surface area contributed by atoms with Gasteiger partial charge in [0.1, 0.15) is 5.76 Å². The van der Waals surface area contributed by atoms with Gasteiger partial charge in [-0.2, -0.15) is 0 Å². The molecule has 0 amide bonds. The average Bonchev–Trinajstić information content (AvgIpc) is 3.23. The van der Waals surface area contributed by atoms with Crippen molar-refractivity contribution in [3.63, 3.8) is 0 Å². The third-order valence-electron chi connectivity index (χ3n) is 5.58. The fraction of sp³-hybridized carbons (Fsp3) is 0.417. The Morgan fingerprint density at radius 1 is 0.889 bits per heavy atom. The SMILES string of the molecule is c1coc(Cc2c(CCOCCN3CCCCC3)ccc3ccccc23)c1. The molecule has 1 aliphatic rings. The molecule has 1 aromatic heterocycles. The Morgan fingerprint density at radius 2 is 1.78 bits per heavy atom. The summed E-state index contributed by atoms with van der Waals surface area (Å²) in [6, 6.07) is 17.1. The van der Waals surface area contributed by atoms with E-state index in [9.17, 15) is 0 Å². The van der Waals surface area contributed by atoms with Gasteiger partial charge < -0.3 is 14.1 Å². The van der Waals surface area contributed by atoms with Crippen LogP contribution in [0, 0.1) is 0 Å². The van der Waals surface area contributed by atoms with Gasteiger partial charge in [0.05, 0.1) is 19.5 Å². The van der Waals surface area contributed by atoms with Gasteiger partial charge in [-0.3, -0.25) is 0 Å². The minimum atomic E-state index is 0.775. The molecular formula is C24H29NO2. The lowest BCUT2D eigenvalue weighted by molar-refractivity contribution is 0.0984. The molecule has 3 aromatic rings. The number of furan rings is 1. The standard InChI is InChI=1S/C24H29NO2/c1-4-13-25(14-5-1)15-18-26-17-12-21-11-10-20-7-2-3-9-23(20)24(21)19-22-8-6-16-27-22/h2-3,6-11,16H,1,4-5,12-15,17-19H2. The van der Waals surface area contributed by atoms with Crippen molar-refractivity contribution < 1.29 is 9.15 Å². The number of rotatable bonds is 8. The van der Waals surface area contributed by atoms with Crippen LogP contribution in [0.3, 0.4) is 0 Å². The second kappa shape index (κ2) is 9.20. The van der Waals surface area contributed by atoms with Crippen molar-refractivity contribution in [3.8, 4) is 0 Å². The summed E-state index contributed by atoms with van der Waals surface area (Å²) in [7, 11) is 0. The molecule has 1 saturated heterocycles. The van der Waals surface area contributed by atoms with Crippen molar-refractivity contribution in [2.75, 3.05) is 32.8 Å². The van der Waals surface area contributed by atoms with Gasteiger partial charge in [0.25, 0.3) is 0 Å². The number of ether oxygens (including phenoxy) is 1. The summed E-state index contributed by atoms with van der Waals surface area (Å²) in [6.45, 7) is 5.15. The van der Waals surface area contributed by atoms with E-state index in [0.717, 1.165) is 38.4 Å². The van der Waals surface area contributed by atoms with Crippen molar-refractivity contribution in [3.05, 3.63) is 71.7 Å². The highest BCUT2D eigenvalue weighted by Crippen LogP contribution is 2.26. The van der Waals surface area contributed by atoms with Crippen LogP contribution in [0.5, 0.6) is 0 Å². The van der Waals surface area contributed by atoms with Gasteiger partial charge in [-0.25, -0.2) is 0 Å². The van der Waals surface area contributed by atoms with Crippen LogP contribution in [-0.4, -0.2) is 37.7 Å². The van der Waals surface area contributed by atoms with Crippen LogP contribution in [0.25, 0.3) is 10.8 Å². The Balaban J connectivity index is 1.39. The summed E-state index contributed by atoms with van der Waals surface area (Å²) in [5.41, 5.74) is 2.73. The normalized spacial score (nSPS) is 15.4. The average molecular weight is 364 g/mol. The molecule has 1 aliphatic heterocycles. The van der Waals surface area contributed by atoms with Crippen LogP contribution in [-0.2, 0) is 17.6 Å². The first kappa shape index (κ1) is 18.3. The van der Waals surface area contributed by atoms with Gasteiger partial charge in [-0.1, -0.05) is 42.8 Å². The van der Waals surface area contributed by atoms with E-state index in [1.807, 2.05) is 6.07 Å². The first-order valence-electron chi connectivity index (χ1n) is 10.2. The van der Waals surface area contributed by atoms with E-state index >= 15 is 0 Å². The van der Waals surface area contributed by atoms with Crippen LogP contribution in [0.1, 0.15) is 36.1 Å². The summed E-state index contributed by atoms with van der Waals surface area (Å²) in [4.78, 5) is 2.53. The van der Waals surface area contributed by atoms with Gasteiger partial charge in [0.2, 0.25) is 0 Å². The highest BCUT2D eigenvalue weighted by atomic mass is 16.5. The number of fused-ring (bicyclic) bond motifs is 1. The van der Waals surface area contributed by atoms with E-state index in [-0.39, 0.29) is 0 Å². The molecule has 0 unspecified atom stereocenters. The summed E-state index contributed by atoms with van der Waals surface area (Å²) in [5.74, 6) is 1.01. The molecule has 142 valence electrons. The molecule has 0 aliphatic carbocycles. The predicted molar refractivity (Wildman–Crippen MR) is 110 cm³/mol. The molecular weight excluding hydrogens is 334 g/mol. The Labute approximate surface area is 161 Å². The minimum Gasteiger partial charge on any atom is -0.469 e. The summed E-state index contributed by atoms with van der Waals surface area (Å²) in [5, 5.41) is 2.61. The molecule has 0 saturated carbocycles. The van der Waals surface area contributed by atoms with Crippen LogP contribution in [0.2, 0.25) is 0 Å². The zero-order valence-corrected chi connectivity index (χ0v) is 16.0. The quantitative estimate of drug-likeness (QED) is 0.523. The van der Waals surface area contributed by atoms with E-state index in [1.54, 1.807) is 6.26 Å². The van der Waals surface area contributed by atoms with Gasteiger partial charge in [-0.15, -0.1) is 0 Å². The van der Waals surface area contributed by atoms with Crippen LogP contribution in [0.15, 0.2) is 59.2 Å². The molecule has 0 atom stereocenters. The molecule has 2 aromatic carbocycles. The third-order valence-corrected chi connectivity index (χ3v) is 5.58. The van der Waals surface area contributed by atoms with E-state index < -0.39 is 0 Å². The second-order valence-electron chi connectivity index (χ2n) is 7.45. The first-order valence-corrected chi connectivity index (χ1v) is 10.2. The molecule has 0 N–H and O–H groups in total. The zero-order valence-electron chi connectivity index (χ0n) is 16.0. The lowest BCUT2D eigenvalue weighted by Crippen LogP contribution is -2.32. The highest BCUT2D eigenvalue weighted by molar-refractivity contribution is 5.87. The van der Waals surface area contributed by atoms with Crippen molar-refractivity contribution in [1.29, 1.82) is 0 Å². The van der Waals surface area contributed by atoms with E-state index in [1.165, 1.54) is 54.3 Å². The minimum absolute atomic E-state index is 0.775. The molecule has 0 radical (unpaired) electrons. The maximum Gasteiger partial charge on any atom is 0.108 e.